The summed E-state index contributed by atoms with van der Waals surface area (Å²) in [5, 5.41) is 6.31. The number of urea groups is 1. The highest BCUT2D eigenvalue weighted by Gasteiger charge is 2.55. The smallest absolute Gasteiger partial charge is 0.325 e. The minimum atomic E-state index is -0.856. The second kappa shape index (κ2) is 8.90. The molecule has 8 nitrogen and oxygen atoms in total. The number of carbonyl (C=O) groups is 3. The summed E-state index contributed by atoms with van der Waals surface area (Å²) >= 11 is 1.44. The van der Waals surface area contributed by atoms with Gasteiger partial charge in [0.15, 0.2) is 5.16 Å². The highest BCUT2D eigenvalue weighted by Crippen LogP contribution is 2.38. The first-order chi connectivity index (χ1) is 15.3. The quantitative estimate of drug-likeness (QED) is 0.529. The highest BCUT2D eigenvalue weighted by atomic mass is 32.2. The van der Waals surface area contributed by atoms with Crippen LogP contribution in [0.5, 0.6) is 0 Å². The molecule has 32 heavy (non-hydrogen) atoms. The molecule has 1 saturated carbocycles. The first-order valence-electron chi connectivity index (χ1n) is 10.8. The Morgan fingerprint density at radius 1 is 1.19 bits per heavy atom. The lowest BCUT2D eigenvalue weighted by atomic mass is 9.73. The molecule has 2 atom stereocenters. The van der Waals surface area contributed by atoms with Crippen LogP contribution in [0.4, 0.5) is 10.5 Å². The predicted octanol–water partition coefficient (Wildman–Crippen LogP) is 3.68. The molecule has 168 valence electrons. The first-order valence-corrected chi connectivity index (χ1v) is 11.6. The lowest BCUT2D eigenvalue weighted by molar-refractivity contribution is -0.136. The van der Waals surface area contributed by atoms with Crippen molar-refractivity contribution in [3.63, 3.8) is 0 Å². The number of nitrogens with one attached hydrogen (secondary N) is 2. The summed E-state index contributed by atoms with van der Waals surface area (Å²) in [6.07, 6.45) is 3.47. The third-order valence-electron chi connectivity index (χ3n) is 6.11. The van der Waals surface area contributed by atoms with Gasteiger partial charge in [-0.05, 0) is 74.7 Å². The van der Waals surface area contributed by atoms with E-state index in [-0.39, 0.29) is 18.4 Å². The van der Waals surface area contributed by atoms with E-state index in [0.29, 0.717) is 17.3 Å². The monoisotopic (exact) mass is 453 g/mol. The molecular formula is C23H27N5O3S. The second-order valence-corrected chi connectivity index (χ2v) is 9.59. The van der Waals surface area contributed by atoms with E-state index in [1.807, 2.05) is 39.0 Å². The Balaban J connectivity index is 1.37. The Morgan fingerprint density at radius 2 is 1.88 bits per heavy atom. The molecular weight excluding hydrogens is 426 g/mol. The molecule has 1 saturated heterocycles. The first kappa shape index (κ1) is 22.3. The molecule has 1 aliphatic heterocycles. The average Bonchev–Trinajstić information content (AvgIpc) is 2.96. The Hall–Kier alpha value is -2.94. The van der Waals surface area contributed by atoms with Crippen molar-refractivity contribution in [1.82, 2.24) is 20.2 Å². The molecule has 2 fully saturated rings. The Labute approximate surface area is 191 Å². The van der Waals surface area contributed by atoms with Crippen LogP contribution in [0.3, 0.4) is 0 Å². The maximum Gasteiger partial charge on any atom is 0.325 e. The van der Waals surface area contributed by atoms with Gasteiger partial charge in [0.2, 0.25) is 5.91 Å². The van der Waals surface area contributed by atoms with Crippen molar-refractivity contribution >= 4 is 35.3 Å². The van der Waals surface area contributed by atoms with Gasteiger partial charge in [-0.1, -0.05) is 19.8 Å². The summed E-state index contributed by atoms with van der Waals surface area (Å²) in [6, 6.07) is 8.73. The van der Waals surface area contributed by atoms with E-state index in [4.69, 9.17) is 0 Å². The van der Waals surface area contributed by atoms with Gasteiger partial charge in [-0.15, -0.1) is 0 Å². The number of benzene rings is 1. The zero-order valence-corrected chi connectivity index (χ0v) is 19.3. The minimum Gasteiger partial charge on any atom is -0.325 e. The third-order valence-corrected chi connectivity index (χ3v) is 6.99. The van der Waals surface area contributed by atoms with E-state index in [1.165, 1.54) is 11.8 Å². The van der Waals surface area contributed by atoms with E-state index >= 15 is 0 Å². The summed E-state index contributed by atoms with van der Waals surface area (Å²) in [4.78, 5) is 48.8. The molecule has 2 unspecified atom stereocenters. The second-order valence-electron chi connectivity index (χ2n) is 8.55. The van der Waals surface area contributed by atoms with Crippen LogP contribution in [0, 0.1) is 19.8 Å². The number of anilines is 1. The zero-order chi connectivity index (χ0) is 22.9. The van der Waals surface area contributed by atoms with Gasteiger partial charge in [-0.25, -0.2) is 14.8 Å². The number of aromatic nitrogens is 2. The number of imide groups is 1. The van der Waals surface area contributed by atoms with Crippen LogP contribution in [0.25, 0.3) is 0 Å². The molecule has 2 heterocycles. The maximum absolute atomic E-state index is 13.0. The van der Waals surface area contributed by atoms with Crippen LogP contribution in [0.15, 0.2) is 40.4 Å². The van der Waals surface area contributed by atoms with Crippen LogP contribution in [0.2, 0.25) is 0 Å². The number of hydrogen-bond donors (Lipinski definition) is 2. The normalized spacial score (nSPS) is 22.8. The number of rotatable bonds is 5. The van der Waals surface area contributed by atoms with Gasteiger partial charge in [-0.2, -0.15) is 0 Å². The number of hydrogen-bond acceptors (Lipinski definition) is 6. The van der Waals surface area contributed by atoms with Crippen LogP contribution < -0.4 is 10.6 Å². The van der Waals surface area contributed by atoms with E-state index in [1.54, 1.807) is 12.1 Å². The fourth-order valence-corrected chi connectivity index (χ4v) is 5.30. The molecule has 0 radical (unpaired) electrons. The van der Waals surface area contributed by atoms with E-state index in [2.05, 4.69) is 20.6 Å². The molecule has 2 N–H and O–H groups in total. The largest absolute Gasteiger partial charge is 0.325 e. The summed E-state index contributed by atoms with van der Waals surface area (Å²) < 4.78 is 0. The molecule has 2 aliphatic rings. The lowest BCUT2D eigenvalue weighted by Crippen LogP contribution is -2.54. The number of carbonyl (C=O) groups excluding carboxylic acids is 3. The molecule has 0 bridgehead atoms. The minimum absolute atomic E-state index is 0.0620. The number of nitrogens with zero attached hydrogens (tertiary/aromatic N) is 3. The van der Waals surface area contributed by atoms with E-state index < -0.39 is 17.5 Å². The number of aryl methyl sites for hydroxylation is 2. The molecule has 1 spiro atoms. The summed E-state index contributed by atoms with van der Waals surface area (Å²) in [5.41, 5.74) is 1.56. The fourth-order valence-electron chi connectivity index (χ4n) is 4.43. The Kier molecular flexibility index (Phi) is 6.19. The summed E-state index contributed by atoms with van der Waals surface area (Å²) in [5.74, 6) is -0.635. The van der Waals surface area contributed by atoms with Crippen LogP contribution in [-0.4, -0.2) is 44.8 Å². The van der Waals surface area contributed by atoms with Crippen molar-refractivity contribution in [2.24, 2.45) is 5.92 Å². The van der Waals surface area contributed by atoms with Gasteiger partial charge < -0.3 is 10.6 Å². The van der Waals surface area contributed by atoms with Gasteiger partial charge in [0.05, 0.1) is 0 Å². The van der Waals surface area contributed by atoms with Gasteiger partial charge in [0.1, 0.15) is 12.1 Å². The Bertz CT molecular complexity index is 1040. The van der Waals surface area contributed by atoms with Crippen molar-refractivity contribution in [2.45, 2.75) is 62.0 Å². The van der Waals surface area contributed by atoms with Crippen molar-refractivity contribution in [3.05, 3.63) is 41.7 Å². The number of amides is 4. The molecule has 4 rings (SSSR count). The molecule has 4 amide bonds. The highest BCUT2D eigenvalue weighted by molar-refractivity contribution is 7.99. The zero-order valence-electron chi connectivity index (χ0n) is 18.5. The molecule has 1 aliphatic carbocycles. The van der Waals surface area contributed by atoms with Gasteiger partial charge >= 0.3 is 6.03 Å². The average molecular weight is 454 g/mol. The molecule has 1 aromatic heterocycles. The van der Waals surface area contributed by atoms with Crippen molar-refractivity contribution < 1.29 is 14.4 Å². The van der Waals surface area contributed by atoms with Crippen LogP contribution in [-0.2, 0) is 9.59 Å². The van der Waals surface area contributed by atoms with Crippen molar-refractivity contribution in [2.75, 3.05) is 11.9 Å². The van der Waals surface area contributed by atoms with E-state index in [0.717, 1.165) is 40.4 Å². The molecule has 1 aromatic carbocycles. The van der Waals surface area contributed by atoms with Gasteiger partial charge in [0.25, 0.3) is 5.91 Å². The van der Waals surface area contributed by atoms with Gasteiger partial charge in [0, 0.05) is 22.0 Å². The lowest BCUT2D eigenvalue weighted by Gasteiger charge is -2.36. The Morgan fingerprint density at radius 3 is 2.53 bits per heavy atom. The maximum atomic E-state index is 13.0. The van der Waals surface area contributed by atoms with Crippen LogP contribution in [0.1, 0.15) is 44.0 Å². The third kappa shape index (κ3) is 4.48. The SMILES string of the molecule is Cc1cc(C)nc(Sc2ccc(NC(=O)CN3C(=O)NC4(CCCCC4C)C3=O)cc2)n1. The summed E-state index contributed by atoms with van der Waals surface area (Å²) in [7, 11) is 0. The van der Waals surface area contributed by atoms with Crippen molar-refractivity contribution in [3.8, 4) is 0 Å². The molecule has 9 heteroatoms. The predicted molar refractivity (Wildman–Crippen MR) is 121 cm³/mol. The fraction of sp³-hybridized carbons (Fsp3) is 0.435. The molecule has 2 aromatic rings. The van der Waals surface area contributed by atoms with Crippen LogP contribution >= 0.6 is 11.8 Å². The van der Waals surface area contributed by atoms with E-state index in [9.17, 15) is 14.4 Å². The summed E-state index contributed by atoms with van der Waals surface area (Å²) in [6.45, 7) is 5.55. The topological polar surface area (TPSA) is 104 Å². The standard InChI is InChI=1S/C23H27N5O3S/c1-14-6-4-5-11-23(14)20(30)28(22(31)27-23)13-19(29)26-17-7-9-18(10-8-17)32-21-24-15(2)12-16(3)25-21/h7-10,12,14H,4-6,11,13H2,1-3H3,(H,26,29)(H,27,31). The van der Waals surface area contributed by atoms with Crippen molar-refractivity contribution in [1.29, 1.82) is 0 Å². The van der Waals surface area contributed by atoms with Gasteiger partial charge in [-0.3, -0.25) is 14.5 Å².